The molecule has 0 radical (unpaired) electrons. The highest BCUT2D eigenvalue weighted by atomic mass is 15.2. The molecule has 1 N–H and O–H groups in total. The van der Waals surface area contributed by atoms with Gasteiger partial charge in [0.2, 0.25) is 0 Å². The molecule has 0 aliphatic carbocycles. The van der Waals surface area contributed by atoms with Crippen molar-refractivity contribution in [3.8, 4) is 0 Å². The van der Waals surface area contributed by atoms with Gasteiger partial charge < -0.3 is 10.2 Å². The summed E-state index contributed by atoms with van der Waals surface area (Å²) in [4.78, 5) is 2.73. The van der Waals surface area contributed by atoms with Crippen LogP contribution in [0.2, 0.25) is 0 Å². The summed E-state index contributed by atoms with van der Waals surface area (Å²) in [6, 6.07) is 0.812. The molecule has 96 valence electrons. The Morgan fingerprint density at radius 1 is 1.25 bits per heavy atom. The van der Waals surface area contributed by atoms with Crippen molar-refractivity contribution in [3.63, 3.8) is 0 Å². The van der Waals surface area contributed by atoms with Gasteiger partial charge in [0.1, 0.15) is 0 Å². The van der Waals surface area contributed by atoms with Crippen LogP contribution in [0.25, 0.3) is 0 Å². The smallest absolute Gasteiger partial charge is 0.0145 e. The number of hydrogen-bond donors (Lipinski definition) is 1. The quantitative estimate of drug-likeness (QED) is 0.749. The average Bonchev–Trinajstić information content (AvgIpc) is 2.32. The lowest BCUT2D eigenvalue weighted by molar-refractivity contribution is 0.105. The predicted octanol–water partition coefficient (Wildman–Crippen LogP) is 2.74. The van der Waals surface area contributed by atoms with E-state index < -0.39 is 0 Å². The van der Waals surface area contributed by atoms with Gasteiger partial charge in [-0.3, -0.25) is 0 Å². The third-order valence-corrected chi connectivity index (χ3v) is 4.26. The third-order valence-electron chi connectivity index (χ3n) is 4.26. The van der Waals surface area contributed by atoms with E-state index in [1.54, 1.807) is 0 Å². The lowest BCUT2D eigenvalue weighted by atomic mass is 9.92. The highest BCUT2D eigenvalue weighted by Crippen LogP contribution is 2.20. The van der Waals surface area contributed by atoms with Crippen molar-refractivity contribution >= 4 is 0 Å². The van der Waals surface area contributed by atoms with Crippen LogP contribution in [-0.2, 0) is 0 Å². The fourth-order valence-corrected chi connectivity index (χ4v) is 2.92. The van der Waals surface area contributed by atoms with Crippen molar-refractivity contribution < 1.29 is 0 Å². The van der Waals surface area contributed by atoms with Crippen LogP contribution in [0.1, 0.15) is 47.0 Å². The summed E-state index contributed by atoms with van der Waals surface area (Å²) in [5, 5.41) is 3.50. The second-order valence-electron chi connectivity index (χ2n) is 5.31. The summed E-state index contributed by atoms with van der Waals surface area (Å²) in [6.45, 7) is 14.3. The van der Waals surface area contributed by atoms with Crippen LogP contribution in [0.5, 0.6) is 0 Å². The van der Waals surface area contributed by atoms with Gasteiger partial charge in [-0.2, -0.15) is 0 Å². The monoisotopic (exact) mass is 226 g/mol. The summed E-state index contributed by atoms with van der Waals surface area (Å²) < 4.78 is 0. The summed E-state index contributed by atoms with van der Waals surface area (Å²) in [5.41, 5.74) is 0. The number of rotatable bonds is 6. The molecular formula is C14H30N2. The molecule has 1 aliphatic heterocycles. The highest BCUT2D eigenvalue weighted by Gasteiger charge is 2.26. The van der Waals surface area contributed by atoms with E-state index in [0.717, 1.165) is 17.9 Å². The Hall–Kier alpha value is -0.0800. The Balaban J connectivity index is 2.51. The fourth-order valence-electron chi connectivity index (χ4n) is 2.92. The minimum Gasteiger partial charge on any atom is -0.316 e. The van der Waals surface area contributed by atoms with Gasteiger partial charge in [-0.1, -0.05) is 40.5 Å². The lowest BCUT2D eigenvalue weighted by Gasteiger charge is -2.40. The van der Waals surface area contributed by atoms with Crippen LogP contribution >= 0.6 is 0 Å². The van der Waals surface area contributed by atoms with Crippen molar-refractivity contribution in [1.82, 2.24) is 10.2 Å². The zero-order valence-corrected chi connectivity index (χ0v) is 11.6. The van der Waals surface area contributed by atoms with Crippen molar-refractivity contribution in [2.45, 2.75) is 53.0 Å². The number of hydrogen-bond acceptors (Lipinski definition) is 2. The molecule has 1 saturated heterocycles. The summed E-state index contributed by atoms with van der Waals surface area (Å²) in [7, 11) is 0. The zero-order valence-electron chi connectivity index (χ0n) is 11.6. The van der Waals surface area contributed by atoms with Crippen molar-refractivity contribution in [2.24, 2.45) is 11.8 Å². The Morgan fingerprint density at radius 3 is 2.44 bits per heavy atom. The van der Waals surface area contributed by atoms with Gasteiger partial charge in [0.05, 0.1) is 0 Å². The average molecular weight is 226 g/mol. The van der Waals surface area contributed by atoms with Crippen LogP contribution in [0, 0.1) is 11.8 Å². The molecule has 2 atom stereocenters. The normalized spacial score (nSPS) is 26.6. The summed E-state index contributed by atoms with van der Waals surface area (Å²) >= 11 is 0. The number of nitrogens with one attached hydrogen (secondary N) is 1. The first-order valence-corrected chi connectivity index (χ1v) is 7.17. The van der Waals surface area contributed by atoms with Crippen molar-refractivity contribution in [1.29, 1.82) is 0 Å². The van der Waals surface area contributed by atoms with Gasteiger partial charge >= 0.3 is 0 Å². The van der Waals surface area contributed by atoms with E-state index in [4.69, 9.17) is 0 Å². The molecule has 0 aromatic heterocycles. The first kappa shape index (κ1) is 14.0. The van der Waals surface area contributed by atoms with Gasteiger partial charge in [-0.25, -0.2) is 0 Å². The van der Waals surface area contributed by atoms with Crippen LogP contribution in [0.4, 0.5) is 0 Å². The molecule has 1 aliphatic rings. The van der Waals surface area contributed by atoms with Gasteiger partial charge in [0, 0.05) is 12.6 Å². The molecular weight excluding hydrogens is 196 g/mol. The van der Waals surface area contributed by atoms with E-state index in [9.17, 15) is 0 Å². The van der Waals surface area contributed by atoms with Gasteiger partial charge in [0.15, 0.2) is 0 Å². The highest BCUT2D eigenvalue weighted by molar-refractivity contribution is 4.83. The first-order valence-electron chi connectivity index (χ1n) is 7.17. The molecule has 2 heteroatoms. The summed E-state index contributed by atoms with van der Waals surface area (Å²) in [6.07, 6.45) is 3.98. The molecule has 0 bridgehead atoms. The van der Waals surface area contributed by atoms with E-state index in [0.29, 0.717) is 0 Å². The minimum absolute atomic E-state index is 0.808. The van der Waals surface area contributed by atoms with Gasteiger partial charge in [-0.05, 0) is 37.9 Å². The molecule has 0 spiro atoms. The first-order chi connectivity index (χ1) is 7.72. The molecule has 16 heavy (non-hydrogen) atoms. The largest absolute Gasteiger partial charge is 0.316 e. The molecule has 2 unspecified atom stereocenters. The molecule has 0 aromatic carbocycles. The molecule has 0 aromatic rings. The Bertz CT molecular complexity index is 178. The van der Waals surface area contributed by atoms with Crippen LogP contribution < -0.4 is 5.32 Å². The van der Waals surface area contributed by atoms with E-state index in [1.165, 1.54) is 45.4 Å². The molecule has 2 nitrogen and oxygen atoms in total. The molecule has 1 rings (SSSR count). The second kappa shape index (κ2) is 7.29. The topological polar surface area (TPSA) is 15.3 Å². The van der Waals surface area contributed by atoms with Gasteiger partial charge in [0.25, 0.3) is 0 Å². The number of piperidine rings is 1. The third kappa shape index (κ3) is 3.74. The predicted molar refractivity (Wildman–Crippen MR) is 71.8 cm³/mol. The van der Waals surface area contributed by atoms with Gasteiger partial charge in [-0.15, -0.1) is 0 Å². The molecule has 0 amide bonds. The standard InChI is InChI=1S/C14H30N2/c1-5-13(6-2)11-16(7-3)14-8-9-15-10-12(14)4/h12-15H,5-11H2,1-4H3. The van der Waals surface area contributed by atoms with Crippen LogP contribution in [-0.4, -0.2) is 37.1 Å². The summed E-state index contributed by atoms with van der Waals surface area (Å²) in [5.74, 6) is 1.70. The fraction of sp³-hybridized carbons (Fsp3) is 1.00. The van der Waals surface area contributed by atoms with E-state index in [1.807, 2.05) is 0 Å². The Kier molecular flexibility index (Phi) is 6.37. The maximum Gasteiger partial charge on any atom is 0.0145 e. The molecule has 0 saturated carbocycles. The Morgan fingerprint density at radius 2 is 1.94 bits per heavy atom. The van der Waals surface area contributed by atoms with Crippen molar-refractivity contribution in [3.05, 3.63) is 0 Å². The van der Waals surface area contributed by atoms with E-state index in [2.05, 4.69) is 37.9 Å². The molecule has 1 heterocycles. The van der Waals surface area contributed by atoms with Crippen LogP contribution in [0.3, 0.4) is 0 Å². The zero-order chi connectivity index (χ0) is 12.0. The van der Waals surface area contributed by atoms with E-state index in [-0.39, 0.29) is 0 Å². The van der Waals surface area contributed by atoms with Crippen LogP contribution in [0.15, 0.2) is 0 Å². The second-order valence-corrected chi connectivity index (χ2v) is 5.31. The van der Waals surface area contributed by atoms with Crippen molar-refractivity contribution in [2.75, 3.05) is 26.2 Å². The maximum atomic E-state index is 3.50. The molecule has 1 fully saturated rings. The maximum absolute atomic E-state index is 3.50. The SMILES string of the molecule is CCC(CC)CN(CC)C1CCNCC1C. The van der Waals surface area contributed by atoms with E-state index >= 15 is 0 Å². The number of nitrogens with zero attached hydrogens (tertiary/aromatic N) is 1. The Labute approximate surface area is 102 Å². The lowest BCUT2D eigenvalue weighted by Crippen LogP contribution is -2.49. The minimum atomic E-state index is 0.808.